The summed E-state index contributed by atoms with van der Waals surface area (Å²) in [6, 6.07) is 7.92. The third-order valence-corrected chi connectivity index (χ3v) is 7.20. The minimum Gasteiger partial charge on any atom is -0.493 e. The lowest BCUT2D eigenvalue weighted by Gasteiger charge is -2.23. The van der Waals surface area contributed by atoms with E-state index in [2.05, 4.69) is 20.9 Å². The van der Waals surface area contributed by atoms with Gasteiger partial charge >= 0.3 is 11.8 Å². The molecule has 2 amide bonds. The molecule has 3 aromatic rings. The third-order valence-electron chi connectivity index (χ3n) is 7.20. The van der Waals surface area contributed by atoms with Crippen molar-refractivity contribution in [2.24, 2.45) is 5.92 Å². The number of amides is 2. The lowest BCUT2D eigenvalue weighted by atomic mass is 9.99. The lowest BCUT2D eigenvalue weighted by Crippen LogP contribution is -2.39. The van der Waals surface area contributed by atoms with Gasteiger partial charge in [0.2, 0.25) is 0 Å². The van der Waals surface area contributed by atoms with Gasteiger partial charge < -0.3 is 30.2 Å². The third kappa shape index (κ3) is 7.63. The van der Waals surface area contributed by atoms with Gasteiger partial charge in [0.1, 0.15) is 23.1 Å². The van der Waals surface area contributed by atoms with E-state index in [1.165, 1.54) is 0 Å². The van der Waals surface area contributed by atoms with Crippen molar-refractivity contribution in [3.8, 4) is 17.2 Å². The van der Waals surface area contributed by atoms with Gasteiger partial charge in [-0.15, -0.1) is 0 Å². The molecule has 2 heterocycles. The zero-order chi connectivity index (χ0) is 30.3. The van der Waals surface area contributed by atoms with Crippen molar-refractivity contribution in [3.05, 3.63) is 83.2 Å². The fourth-order valence-corrected chi connectivity index (χ4v) is 4.93. The molecule has 43 heavy (non-hydrogen) atoms. The Morgan fingerprint density at radius 2 is 1.74 bits per heavy atom. The van der Waals surface area contributed by atoms with Gasteiger partial charge in [-0.2, -0.15) is 0 Å². The molecule has 1 aromatic heterocycles. The molecule has 1 aliphatic carbocycles. The van der Waals surface area contributed by atoms with E-state index in [1.807, 2.05) is 0 Å². The first-order chi connectivity index (χ1) is 20.8. The maximum atomic E-state index is 15.1. The van der Waals surface area contributed by atoms with E-state index in [-0.39, 0.29) is 36.4 Å². The van der Waals surface area contributed by atoms with Crippen LogP contribution in [-0.2, 0) is 16.1 Å². The predicted molar refractivity (Wildman–Crippen MR) is 152 cm³/mol. The van der Waals surface area contributed by atoms with Crippen LogP contribution in [0.3, 0.4) is 0 Å². The Hall–Kier alpha value is -4.58. The predicted octanol–water partition coefficient (Wildman–Crippen LogP) is 4.57. The molecule has 0 bridgehead atoms. The van der Waals surface area contributed by atoms with Gasteiger partial charge in [0.25, 0.3) is 0 Å². The summed E-state index contributed by atoms with van der Waals surface area (Å²) >= 11 is 0. The van der Waals surface area contributed by atoms with Crippen molar-refractivity contribution in [1.29, 1.82) is 0 Å². The number of pyridine rings is 1. The summed E-state index contributed by atoms with van der Waals surface area (Å²) in [5.74, 6) is -2.45. The summed E-state index contributed by atoms with van der Waals surface area (Å²) in [5.41, 5.74) is 0.915. The highest BCUT2D eigenvalue weighted by molar-refractivity contribution is 6.35. The summed E-state index contributed by atoms with van der Waals surface area (Å²) in [4.78, 5) is 28.9. The zero-order valence-corrected chi connectivity index (χ0v) is 23.5. The highest BCUT2D eigenvalue weighted by Crippen LogP contribution is 2.37. The molecule has 5 rings (SSSR count). The second-order valence-corrected chi connectivity index (χ2v) is 10.3. The van der Waals surface area contributed by atoms with E-state index in [9.17, 15) is 18.4 Å². The average molecular weight is 597 g/mol. The molecule has 2 aromatic carbocycles. The van der Waals surface area contributed by atoms with Gasteiger partial charge in [-0.3, -0.25) is 14.6 Å². The van der Waals surface area contributed by atoms with Crippen LogP contribution in [-0.4, -0.2) is 43.6 Å². The Bertz CT molecular complexity index is 1570. The number of allylic oxidation sites excluding steroid dienone is 4. The van der Waals surface area contributed by atoms with Crippen LogP contribution in [0, 0.1) is 17.6 Å². The van der Waals surface area contributed by atoms with Crippen LogP contribution < -0.4 is 30.2 Å². The molecular formula is C31H31F3N4O5. The number of ether oxygens (including phenoxy) is 3. The summed E-state index contributed by atoms with van der Waals surface area (Å²) < 4.78 is 59.3. The van der Waals surface area contributed by atoms with Crippen LogP contribution in [0.15, 0.2) is 66.0 Å². The summed E-state index contributed by atoms with van der Waals surface area (Å²) in [6.07, 6.45) is 5.03. The van der Waals surface area contributed by atoms with Crippen molar-refractivity contribution in [2.45, 2.75) is 32.2 Å². The van der Waals surface area contributed by atoms with Crippen LogP contribution in [0.4, 0.5) is 13.2 Å². The molecule has 1 aliphatic heterocycles. The largest absolute Gasteiger partial charge is 0.493 e. The van der Waals surface area contributed by atoms with Crippen molar-refractivity contribution in [3.63, 3.8) is 0 Å². The number of hydrogen-bond acceptors (Lipinski definition) is 7. The number of hydrogen-bond donors (Lipinski definition) is 3. The highest BCUT2D eigenvalue weighted by atomic mass is 19.1. The first-order valence-corrected chi connectivity index (χ1v) is 13.9. The van der Waals surface area contributed by atoms with Crippen LogP contribution in [0.25, 0.3) is 10.9 Å². The number of nitrogens with one attached hydrogen (secondary N) is 3. The molecule has 226 valence electrons. The maximum Gasteiger partial charge on any atom is 0.313 e. The summed E-state index contributed by atoms with van der Waals surface area (Å²) in [6.45, 7) is 2.24. The lowest BCUT2D eigenvalue weighted by molar-refractivity contribution is -0.138. The second-order valence-electron chi connectivity index (χ2n) is 10.3. The molecule has 2 aliphatic rings. The van der Waals surface area contributed by atoms with E-state index >= 15 is 4.39 Å². The minimum atomic E-state index is -1.04. The Balaban J connectivity index is 1.23. The van der Waals surface area contributed by atoms with Crippen molar-refractivity contribution in [2.75, 3.05) is 26.8 Å². The highest BCUT2D eigenvalue weighted by Gasteiger charge is 2.22. The van der Waals surface area contributed by atoms with Gasteiger partial charge in [0, 0.05) is 42.4 Å². The Morgan fingerprint density at radius 1 is 0.977 bits per heavy atom. The SMILES string of the molecule is COc1cc2c(OC3=C(F)C=C(NC(=O)C(=O)NCc4cc(F)cc(F)c4)CC3)ccnc2cc1OCC1CCNCC1. The van der Waals surface area contributed by atoms with Crippen LogP contribution >= 0.6 is 0 Å². The zero-order valence-electron chi connectivity index (χ0n) is 23.5. The Morgan fingerprint density at radius 3 is 2.47 bits per heavy atom. The molecule has 3 N–H and O–H groups in total. The van der Waals surface area contributed by atoms with Crippen LogP contribution in [0.1, 0.15) is 31.2 Å². The van der Waals surface area contributed by atoms with E-state index in [1.54, 1.807) is 31.5 Å². The molecule has 12 heteroatoms. The van der Waals surface area contributed by atoms with Gasteiger partial charge in [-0.05, 0) is 74.2 Å². The number of fused-ring (bicyclic) bond motifs is 1. The van der Waals surface area contributed by atoms with Gasteiger partial charge in [-0.1, -0.05) is 0 Å². The fourth-order valence-electron chi connectivity index (χ4n) is 4.93. The molecule has 0 saturated carbocycles. The molecule has 0 atom stereocenters. The average Bonchev–Trinajstić information content (AvgIpc) is 2.99. The molecule has 0 spiro atoms. The van der Waals surface area contributed by atoms with Gasteiger partial charge in [-0.25, -0.2) is 13.2 Å². The van der Waals surface area contributed by atoms with E-state index in [4.69, 9.17) is 14.2 Å². The minimum absolute atomic E-state index is 0.0493. The molecule has 1 fully saturated rings. The smallest absolute Gasteiger partial charge is 0.313 e. The van der Waals surface area contributed by atoms with Gasteiger partial charge in [0.05, 0.1) is 19.2 Å². The number of carbonyl (C=O) groups is 2. The van der Waals surface area contributed by atoms with E-state index in [0.29, 0.717) is 46.7 Å². The molecule has 0 unspecified atom stereocenters. The Kier molecular flexibility index (Phi) is 9.45. The fraction of sp³-hybridized carbons (Fsp3) is 0.323. The quantitative estimate of drug-likeness (QED) is 0.311. The standard InChI is InChI=1S/C31H31F3N4O5/c1-41-28-14-23-25(15-29(28)42-17-18-4-7-35-8-5-18)36-9-6-26(23)43-27-3-2-22(13-24(27)34)38-31(40)30(39)37-16-19-10-20(32)12-21(33)11-19/h6,9-15,18,35H,2-5,7-8,16-17H2,1H3,(H,37,39)(H,38,40). The van der Waals surface area contributed by atoms with Crippen LogP contribution in [0.2, 0.25) is 0 Å². The van der Waals surface area contributed by atoms with Crippen LogP contribution in [0.5, 0.6) is 17.2 Å². The molecule has 0 radical (unpaired) electrons. The van der Waals surface area contributed by atoms with Crippen molar-refractivity contribution >= 4 is 22.7 Å². The number of piperidine rings is 1. The monoisotopic (exact) mass is 596 g/mol. The van der Waals surface area contributed by atoms with Crippen molar-refractivity contribution < 1.29 is 37.0 Å². The number of methoxy groups -OCH3 is 1. The molecule has 1 saturated heterocycles. The Labute approximate surface area is 246 Å². The number of aromatic nitrogens is 1. The number of carbonyl (C=O) groups excluding carboxylic acids is 2. The van der Waals surface area contributed by atoms with Gasteiger partial charge in [0.15, 0.2) is 17.3 Å². The maximum absolute atomic E-state index is 15.1. The summed E-state index contributed by atoms with van der Waals surface area (Å²) in [7, 11) is 1.54. The first-order valence-electron chi connectivity index (χ1n) is 13.9. The normalized spacial score (nSPS) is 15.6. The number of benzene rings is 2. The number of rotatable bonds is 9. The number of nitrogens with zero attached hydrogens (tertiary/aromatic N) is 1. The molecule has 9 nitrogen and oxygen atoms in total. The summed E-state index contributed by atoms with van der Waals surface area (Å²) in [5, 5.41) is 8.59. The van der Waals surface area contributed by atoms with Crippen molar-refractivity contribution in [1.82, 2.24) is 20.9 Å². The number of halogens is 3. The second kappa shape index (κ2) is 13.6. The first kappa shape index (κ1) is 29.9. The molecular weight excluding hydrogens is 565 g/mol. The van der Waals surface area contributed by atoms with E-state index in [0.717, 1.165) is 44.1 Å². The topological polar surface area (TPSA) is 111 Å². The van der Waals surface area contributed by atoms with E-state index < -0.39 is 29.3 Å².